The van der Waals surface area contributed by atoms with Crippen LogP contribution in [0.2, 0.25) is 5.02 Å². The monoisotopic (exact) mass is 556 g/mol. The van der Waals surface area contributed by atoms with Gasteiger partial charge in [0.2, 0.25) is 5.91 Å². The molecule has 2 amide bonds. The van der Waals surface area contributed by atoms with Crippen molar-refractivity contribution in [3.05, 3.63) is 87.1 Å². The number of aryl methyl sites for hydroxylation is 2. The van der Waals surface area contributed by atoms with Crippen LogP contribution in [0.25, 0.3) is 10.9 Å². The zero-order valence-electron chi connectivity index (χ0n) is 20.1. The van der Waals surface area contributed by atoms with Crippen molar-refractivity contribution in [2.75, 3.05) is 16.4 Å². The van der Waals surface area contributed by atoms with Crippen molar-refractivity contribution in [2.24, 2.45) is 7.05 Å². The Morgan fingerprint density at radius 1 is 1.08 bits per heavy atom. The van der Waals surface area contributed by atoms with E-state index >= 15 is 0 Å². The molecule has 0 spiro atoms. The summed E-state index contributed by atoms with van der Waals surface area (Å²) in [4.78, 5) is 35.9. The number of hydrogen-bond acceptors (Lipinski definition) is 7. The minimum Gasteiger partial charge on any atom is -0.506 e. The summed E-state index contributed by atoms with van der Waals surface area (Å²) in [6, 6.07) is 13.0. The third-order valence-electron chi connectivity index (χ3n) is 5.72. The Balaban J connectivity index is 1.53. The summed E-state index contributed by atoms with van der Waals surface area (Å²) < 4.78 is 27.6. The fourth-order valence-corrected chi connectivity index (χ4v) is 5.54. The number of rotatable bonds is 7. The van der Waals surface area contributed by atoms with Crippen molar-refractivity contribution in [3.63, 3.8) is 0 Å². The summed E-state index contributed by atoms with van der Waals surface area (Å²) in [5.74, 6) is -3.14. The minimum atomic E-state index is -4.03. The second-order valence-corrected chi connectivity index (χ2v) is 10.9. The first-order valence-electron chi connectivity index (χ1n) is 11.0. The molecule has 4 rings (SSSR count). The van der Waals surface area contributed by atoms with E-state index < -0.39 is 43.8 Å². The van der Waals surface area contributed by atoms with Crippen molar-refractivity contribution in [3.8, 4) is 5.75 Å². The Labute approximate surface area is 221 Å². The number of aromatic nitrogens is 1. The van der Waals surface area contributed by atoms with Crippen LogP contribution in [-0.4, -0.2) is 40.6 Å². The first kappa shape index (κ1) is 26.6. The van der Waals surface area contributed by atoms with Crippen LogP contribution in [0.3, 0.4) is 0 Å². The number of sulfone groups is 1. The molecule has 0 aliphatic rings. The summed E-state index contributed by atoms with van der Waals surface area (Å²) in [5.41, 5.74) is 0.392. The van der Waals surface area contributed by atoms with Crippen LogP contribution in [-0.2, 0) is 21.7 Å². The number of aromatic hydroxyl groups is 1. The van der Waals surface area contributed by atoms with Crippen LogP contribution in [0.15, 0.2) is 65.7 Å². The number of benzene rings is 3. The van der Waals surface area contributed by atoms with Gasteiger partial charge >= 0.3 is 0 Å². The number of fused-ring (bicyclic) bond motifs is 1. The summed E-state index contributed by atoms with van der Waals surface area (Å²) in [6.07, 6.45) is 1.43. The highest BCUT2D eigenvalue weighted by Gasteiger charge is 2.25. The van der Waals surface area contributed by atoms with Crippen molar-refractivity contribution < 1.29 is 28.0 Å². The van der Waals surface area contributed by atoms with Gasteiger partial charge in [-0.1, -0.05) is 35.9 Å². The number of nitrogens with zero attached hydrogens (tertiary/aromatic N) is 2. The lowest BCUT2D eigenvalue weighted by Crippen LogP contribution is -2.23. The molecule has 0 bridgehead atoms. The van der Waals surface area contributed by atoms with Gasteiger partial charge in [-0.2, -0.15) is 0 Å². The number of phenols is 1. The van der Waals surface area contributed by atoms with Crippen molar-refractivity contribution >= 4 is 61.2 Å². The maximum Gasteiger partial charge on any atom is 0.282 e. The van der Waals surface area contributed by atoms with Gasteiger partial charge in [0.1, 0.15) is 17.1 Å². The number of hydrogen-bond donors (Lipinski definition) is 3. The average molecular weight is 557 g/mol. The van der Waals surface area contributed by atoms with E-state index in [0.717, 1.165) is 12.1 Å². The van der Waals surface area contributed by atoms with Crippen LogP contribution >= 0.6 is 11.6 Å². The molecule has 3 N–H and O–H groups in total. The van der Waals surface area contributed by atoms with E-state index in [1.807, 2.05) is 0 Å². The highest BCUT2D eigenvalue weighted by molar-refractivity contribution is 7.92. The number of amides is 2. The maximum atomic E-state index is 13.0. The second-order valence-electron chi connectivity index (χ2n) is 8.51. The Kier molecular flexibility index (Phi) is 7.11. The van der Waals surface area contributed by atoms with Gasteiger partial charge in [0.15, 0.2) is 9.84 Å². The van der Waals surface area contributed by atoms with Gasteiger partial charge in [-0.15, -0.1) is 0 Å². The van der Waals surface area contributed by atoms with Crippen LogP contribution in [0.4, 0.5) is 17.1 Å². The molecule has 0 radical (unpaired) electrons. The molecule has 1 aromatic heterocycles. The molecular weight excluding hydrogens is 536 g/mol. The predicted molar refractivity (Wildman–Crippen MR) is 143 cm³/mol. The van der Waals surface area contributed by atoms with Crippen molar-refractivity contribution in [1.29, 1.82) is 0 Å². The first-order valence-corrected chi connectivity index (χ1v) is 13.1. The molecule has 4 aromatic rings. The average Bonchev–Trinajstić information content (AvgIpc) is 3.19. The molecule has 0 atom stereocenters. The predicted octanol–water partition coefficient (Wildman–Crippen LogP) is 4.42. The van der Waals surface area contributed by atoms with Crippen LogP contribution in [0.5, 0.6) is 5.75 Å². The molecule has 13 heteroatoms. The van der Waals surface area contributed by atoms with Gasteiger partial charge in [0.05, 0.1) is 26.2 Å². The SMILES string of the molecule is Cc1ccc([N+](=O)[O-])c(C(=O)Nc2cc(Cl)c(NC(=O)CS(=O)(=O)c3cn(C)c4ccccc34)cc2O)c1. The normalized spacial score (nSPS) is 11.3. The van der Waals surface area contributed by atoms with Crippen molar-refractivity contribution in [2.45, 2.75) is 11.8 Å². The van der Waals surface area contributed by atoms with E-state index in [0.29, 0.717) is 16.5 Å². The number of halogens is 1. The van der Waals surface area contributed by atoms with Gasteiger partial charge in [0.25, 0.3) is 11.6 Å². The molecule has 1 heterocycles. The number of carbonyl (C=O) groups excluding carboxylic acids is 2. The van der Waals surface area contributed by atoms with Gasteiger partial charge in [-0.25, -0.2) is 8.42 Å². The first-order chi connectivity index (χ1) is 17.9. The summed E-state index contributed by atoms with van der Waals surface area (Å²) in [7, 11) is -2.33. The highest BCUT2D eigenvalue weighted by Crippen LogP contribution is 2.35. The maximum absolute atomic E-state index is 13.0. The summed E-state index contributed by atoms with van der Waals surface area (Å²) >= 11 is 6.21. The van der Waals surface area contributed by atoms with Crippen molar-refractivity contribution in [1.82, 2.24) is 4.57 Å². The Bertz CT molecular complexity index is 1730. The lowest BCUT2D eigenvalue weighted by molar-refractivity contribution is -0.385. The van der Waals surface area contributed by atoms with E-state index in [1.54, 1.807) is 42.8 Å². The quantitative estimate of drug-likeness (QED) is 0.172. The molecule has 38 heavy (non-hydrogen) atoms. The zero-order valence-corrected chi connectivity index (χ0v) is 21.6. The second kappa shape index (κ2) is 10.1. The van der Waals surface area contributed by atoms with Crippen LogP contribution in [0, 0.1) is 17.0 Å². The smallest absolute Gasteiger partial charge is 0.282 e. The van der Waals surface area contributed by atoms with Gasteiger partial charge in [-0.05, 0) is 30.7 Å². The molecule has 0 saturated carbocycles. The van der Waals surface area contributed by atoms with E-state index in [4.69, 9.17) is 11.6 Å². The topological polar surface area (TPSA) is 161 Å². The highest BCUT2D eigenvalue weighted by atomic mass is 35.5. The number of phenolic OH excluding ortho intramolecular Hbond substituents is 1. The number of carbonyl (C=O) groups is 2. The van der Waals surface area contributed by atoms with Gasteiger partial charge in [-0.3, -0.25) is 19.7 Å². The van der Waals surface area contributed by atoms with Crippen LogP contribution < -0.4 is 10.6 Å². The molecule has 0 unspecified atom stereocenters. The number of para-hydroxylation sites is 1. The standard InChI is InChI=1S/C25H21ClN4O7S/c1-14-7-8-21(30(34)35)16(9-14)25(33)28-19-10-17(26)18(11-22(19)31)27-24(32)13-38(36,37)23-12-29(2)20-6-4-3-5-15(20)23/h3-12,31H,13H2,1-2H3,(H,27,32)(H,28,33). The lowest BCUT2D eigenvalue weighted by atomic mass is 10.1. The van der Waals surface area contributed by atoms with E-state index in [1.165, 1.54) is 24.4 Å². The lowest BCUT2D eigenvalue weighted by Gasteiger charge is -2.13. The third kappa shape index (κ3) is 5.31. The molecule has 0 aliphatic carbocycles. The van der Waals surface area contributed by atoms with E-state index in [9.17, 15) is 33.2 Å². The molecule has 196 valence electrons. The molecule has 11 nitrogen and oxygen atoms in total. The Hall–Kier alpha value is -4.42. The Morgan fingerprint density at radius 2 is 1.79 bits per heavy atom. The minimum absolute atomic E-state index is 0.00277. The largest absolute Gasteiger partial charge is 0.506 e. The summed E-state index contributed by atoms with van der Waals surface area (Å²) in [5, 5.41) is 26.8. The molecule has 3 aromatic carbocycles. The molecule has 0 saturated heterocycles. The molecular formula is C25H21ClN4O7S. The van der Waals surface area contributed by atoms with Gasteiger partial charge < -0.3 is 20.3 Å². The molecule has 0 aliphatic heterocycles. The Morgan fingerprint density at radius 3 is 2.50 bits per heavy atom. The zero-order chi connectivity index (χ0) is 27.8. The number of nitro groups is 1. The number of anilines is 2. The fraction of sp³-hybridized carbons (Fsp3) is 0.120. The number of nitrogens with one attached hydrogen (secondary N) is 2. The van der Waals surface area contributed by atoms with E-state index in [-0.39, 0.29) is 26.9 Å². The summed E-state index contributed by atoms with van der Waals surface area (Å²) in [6.45, 7) is 1.66. The fourth-order valence-electron chi connectivity index (χ4n) is 3.93. The van der Waals surface area contributed by atoms with E-state index in [2.05, 4.69) is 10.6 Å². The van der Waals surface area contributed by atoms with Crippen LogP contribution in [0.1, 0.15) is 15.9 Å². The third-order valence-corrected chi connectivity index (χ3v) is 7.67. The number of nitro benzene ring substituents is 1. The molecule has 0 fully saturated rings. The van der Waals surface area contributed by atoms with Gasteiger partial charge in [0, 0.05) is 36.3 Å².